The van der Waals surface area contributed by atoms with Gasteiger partial charge in [0.2, 0.25) is 5.91 Å². The Morgan fingerprint density at radius 3 is 2.38 bits per heavy atom. The first-order chi connectivity index (χ1) is 9.58. The van der Waals surface area contributed by atoms with E-state index in [4.69, 9.17) is 15.2 Å². The van der Waals surface area contributed by atoms with E-state index in [1.807, 2.05) is 31.2 Å². The highest BCUT2D eigenvalue weighted by Crippen LogP contribution is 2.16. The normalized spacial score (nSPS) is 11.2. The monoisotopic (exact) mass is 316 g/mol. The van der Waals surface area contributed by atoms with Gasteiger partial charge in [0, 0.05) is 7.05 Å². The number of halogens is 1. The second kappa shape index (κ2) is 10.3. The predicted molar refractivity (Wildman–Crippen MR) is 86.3 cm³/mol. The Kier molecular flexibility index (Phi) is 9.58. The van der Waals surface area contributed by atoms with Crippen molar-refractivity contribution < 1.29 is 14.3 Å². The molecule has 6 heteroatoms. The van der Waals surface area contributed by atoms with Crippen LogP contribution in [0.2, 0.25) is 0 Å². The van der Waals surface area contributed by atoms with Gasteiger partial charge in [0.25, 0.3) is 0 Å². The van der Waals surface area contributed by atoms with Gasteiger partial charge in [0.1, 0.15) is 18.1 Å². The van der Waals surface area contributed by atoms with Gasteiger partial charge in [-0.15, -0.1) is 12.4 Å². The number of carbonyl (C=O) groups is 1. The molecule has 0 fully saturated rings. The van der Waals surface area contributed by atoms with Gasteiger partial charge in [0.15, 0.2) is 0 Å². The lowest BCUT2D eigenvalue weighted by atomic mass is 10.1. The van der Waals surface area contributed by atoms with Crippen LogP contribution in [0.5, 0.6) is 11.5 Å². The van der Waals surface area contributed by atoms with Crippen molar-refractivity contribution in [2.24, 2.45) is 5.73 Å². The number of rotatable bonds is 8. The molecule has 0 spiro atoms. The molecule has 1 aromatic carbocycles. The van der Waals surface area contributed by atoms with Crippen LogP contribution in [-0.2, 0) is 4.79 Å². The molecule has 0 radical (unpaired) electrons. The Balaban J connectivity index is 0.00000400. The Hall–Kier alpha value is -1.46. The molecule has 1 rings (SSSR count). The van der Waals surface area contributed by atoms with Crippen LogP contribution >= 0.6 is 12.4 Å². The maximum atomic E-state index is 11.9. The van der Waals surface area contributed by atoms with Gasteiger partial charge < -0.3 is 20.1 Å². The SMILES string of the molecule is CCCC(N)C(=O)N(C)CCOc1ccc(OC)cc1.Cl. The molecule has 0 saturated heterocycles. The minimum Gasteiger partial charge on any atom is -0.497 e. The Morgan fingerprint density at radius 1 is 1.29 bits per heavy atom. The summed E-state index contributed by atoms with van der Waals surface area (Å²) < 4.78 is 10.6. The molecule has 1 amide bonds. The molecule has 2 N–H and O–H groups in total. The Labute approximate surface area is 132 Å². The van der Waals surface area contributed by atoms with Crippen molar-refractivity contribution in [2.75, 3.05) is 27.3 Å². The number of amides is 1. The molecular weight excluding hydrogens is 292 g/mol. The van der Waals surface area contributed by atoms with E-state index in [2.05, 4.69) is 0 Å². The summed E-state index contributed by atoms with van der Waals surface area (Å²) in [5, 5.41) is 0. The topological polar surface area (TPSA) is 64.8 Å². The number of nitrogens with zero attached hydrogens (tertiary/aromatic N) is 1. The van der Waals surface area contributed by atoms with E-state index in [0.717, 1.165) is 17.9 Å². The van der Waals surface area contributed by atoms with Crippen LogP contribution in [-0.4, -0.2) is 44.2 Å². The van der Waals surface area contributed by atoms with Gasteiger partial charge in [-0.05, 0) is 30.7 Å². The second-order valence-corrected chi connectivity index (χ2v) is 4.68. The molecule has 0 saturated carbocycles. The van der Waals surface area contributed by atoms with Crippen LogP contribution in [0.4, 0.5) is 0 Å². The van der Waals surface area contributed by atoms with Gasteiger partial charge in [-0.1, -0.05) is 13.3 Å². The third kappa shape index (κ3) is 6.69. The van der Waals surface area contributed by atoms with Crippen molar-refractivity contribution in [1.82, 2.24) is 4.90 Å². The molecule has 0 aliphatic carbocycles. The maximum Gasteiger partial charge on any atom is 0.239 e. The Bertz CT molecular complexity index is 412. The molecule has 0 bridgehead atoms. The highest BCUT2D eigenvalue weighted by atomic mass is 35.5. The van der Waals surface area contributed by atoms with Crippen LogP contribution in [0.3, 0.4) is 0 Å². The first kappa shape index (κ1) is 19.5. The van der Waals surface area contributed by atoms with Crippen molar-refractivity contribution in [2.45, 2.75) is 25.8 Å². The summed E-state index contributed by atoms with van der Waals surface area (Å²) in [4.78, 5) is 13.5. The third-order valence-corrected chi connectivity index (χ3v) is 3.05. The summed E-state index contributed by atoms with van der Waals surface area (Å²) in [6.45, 7) is 2.97. The number of hydrogen-bond donors (Lipinski definition) is 1. The molecule has 1 unspecified atom stereocenters. The van der Waals surface area contributed by atoms with Gasteiger partial charge in [-0.2, -0.15) is 0 Å². The number of carbonyl (C=O) groups excluding carboxylic acids is 1. The van der Waals surface area contributed by atoms with E-state index < -0.39 is 6.04 Å². The summed E-state index contributed by atoms with van der Waals surface area (Å²) in [7, 11) is 3.37. The standard InChI is InChI=1S/C15H24N2O3.ClH/c1-4-5-14(16)15(18)17(2)10-11-20-13-8-6-12(19-3)7-9-13;/h6-9,14H,4-5,10-11,16H2,1-3H3;1H. The molecule has 21 heavy (non-hydrogen) atoms. The predicted octanol–water partition coefficient (Wildman–Crippen LogP) is 2.08. The zero-order valence-corrected chi connectivity index (χ0v) is 13.7. The van der Waals surface area contributed by atoms with Crippen LogP contribution in [0, 0.1) is 0 Å². The average Bonchev–Trinajstić information content (AvgIpc) is 2.47. The van der Waals surface area contributed by atoms with Gasteiger partial charge in [-0.25, -0.2) is 0 Å². The molecule has 0 aliphatic rings. The molecule has 1 aromatic rings. The summed E-state index contributed by atoms with van der Waals surface area (Å²) in [6, 6.07) is 6.93. The number of nitrogens with two attached hydrogens (primary N) is 1. The molecular formula is C15H25ClN2O3. The summed E-state index contributed by atoms with van der Waals surface area (Å²) in [5.41, 5.74) is 5.80. The van der Waals surface area contributed by atoms with Crippen molar-refractivity contribution >= 4 is 18.3 Å². The quantitative estimate of drug-likeness (QED) is 0.797. The molecule has 120 valence electrons. The molecule has 1 atom stereocenters. The van der Waals surface area contributed by atoms with Crippen molar-refractivity contribution in [3.8, 4) is 11.5 Å². The van der Waals surface area contributed by atoms with Crippen LogP contribution in [0.25, 0.3) is 0 Å². The maximum absolute atomic E-state index is 11.9. The number of methoxy groups -OCH3 is 1. The summed E-state index contributed by atoms with van der Waals surface area (Å²) >= 11 is 0. The fourth-order valence-corrected chi connectivity index (χ4v) is 1.80. The number of benzene rings is 1. The summed E-state index contributed by atoms with van der Waals surface area (Å²) in [6.07, 6.45) is 1.62. The zero-order valence-electron chi connectivity index (χ0n) is 12.9. The number of hydrogen-bond acceptors (Lipinski definition) is 4. The van der Waals surface area contributed by atoms with E-state index in [-0.39, 0.29) is 18.3 Å². The van der Waals surface area contributed by atoms with Gasteiger partial charge in [-0.3, -0.25) is 4.79 Å². The average molecular weight is 317 g/mol. The minimum absolute atomic E-state index is 0. The third-order valence-electron chi connectivity index (χ3n) is 3.05. The highest BCUT2D eigenvalue weighted by Gasteiger charge is 2.16. The fraction of sp³-hybridized carbons (Fsp3) is 0.533. The van der Waals surface area contributed by atoms with Crippen LogP contribution in [0.15, 0.2) is 24.3 Å². The van der Waals surface area contributed by atoms with Gasteiger partial charge in [0.05, 0.1) is 19.7 Å². The summed E-state index contributed by atoms with van der Waals surface area (Å²) in [5.74, 6) is 1.50. The lowest BCUT2D eigenvalue weighted by Crippen LogP contribution is -2.43. The number of likely N-dealkylation sites (N-methyl/N-ethyl adjacent to an activating group) is 1. The van der Waals surface area contributed by atoms with E-state index in [1.165, 1.54) is 0 Å². The van der Waals surface area contributed by atoms with Crippen molar-refractivity contribution in [3.63, 3.8) is 0 Å². The van der Waals surface area contributed by atoms with E-state index in [9.17, 15) is 4.79 Å². The highest BCUT2D eigenvalue weighted by molar-refractivity contribution is 5.85. The Morgan fingerprint density at radius 2 is 1.86 bits per heavy atom. The molecule has 0 aliphatic heterocycles. The van der Waals surface area contributed by atoms with Crippen molar-refractivity contribution in [1.29, 1.82) is 0 Å². The molecule has 5 nitrogen and oxygen atoms in total. The van der Waals surface area contributed by atoms with E-state index in [1.54, 1.807) is 19.1 Å². The van der Waals surface area contributed by atoms with E-state index >= 15 is 0 Å². The fourth-order valence-electron chi connectivity index (χ4n) is 1.80. The second-order valence-electron chi connectivity index (χ2n) is 4.68. The lowest BCUT2D eigenvalue weighted by molar-refractivity contribution is -0.131. The number of ether oxygens (including phenoxy) is 2. The van der Waals surface area contributed by atoms with E-state index in [0.29, 0.717) is 19.6 Å². The minimum atomic E-state index is -0.411. The first-order valence-corrected chi connectivity index (χ1v) is 6.86. The first-order valence-electron chi connectivity index (χ1n) is 6.86. The van der Waals surface area contributed by atoms with Crippen molar-refractivity contribution in [3.05, 3.63) is 24.3 Å². The molecule has 0 heterocycles. The smallest absolute Gasteiger partial charge is 0.239 e. The van der Waals surface area contributed by atoms with Gasteiger partial charge >= 0.3 is 0 Å². The van der Waals surface area contributed by atoms with Crippen LogP contribution < -0.4 is 15.2 Å². The largest absolute Gasteiger partial charge is 0.497 e. The lowest BCUT2D eigenvalue weighted by Gasteiger charge is -2.21. The zero-order chi connectivity index (χ0) is 15.0. The molecule has 0 aromatic heterocycles. The van der Waals surface area contributed by atoms with Crippen LogP contribution in [0.1, 0.15) is 19.8 Å².